The molecule has 1 saturated carbocycles. The van der Waals surface area contributed by atoms with Gasteiger partial charge in [-0.05, 0) is 43.2 Å². The average Bonchev–Trinajstić information content (AvgIpc) is 2.77. The molecule has 96 valence electrons. The first-order valence-electron chi connectivity index (χ1n) is 6.67. The summed E-state index contributed by atoms with van der Waals surface area (Å²) in [4.78, 5) is 12.3. The maximum Gasteiger partial charge on any atom is 0.224 e. The summed E-state index contributed by atoms with van der Waals surface area (Å²) in [5.74, 6) is 0.379. The molecule has 1 aromatic rings. The van der Waals surface area contributed by atoms with E-state index in [4.69, 9.17) is 0 Å². The molecule has 2 nitrogen and oxygen atoms in total. The minimum Gasteiger partial charge on any atom is -0.350 e. The van der Waals surface area contributed by atoms with E-state index in [1.807, 2.05) is 0 Å². The van der Waals surface area contributed by atoms with Crippen LogP contribution >= 0.6 is 15.9 Å². The summed E-state index contributed by atoms with van der Waals surface area (Å²) in [6.45, 7) is 0. The van der Waals surface area contributed by atoms with Crippen molar-refractivity contribution in [2.75, 3.05) is 5.33 Å². The van der Waals surface area contributed by atoms with E-state index in [0.29, 0.717) is 0 Å². The van der Waals surface area contributed by atoms with Crippen molar-refractivity contribution in [2.24, 2.45) is 5.92 Å². The lowest BCUT2D eigenvalue weighted by Gasteiger charge is -2.41. The van der Waals surface area contributed by atoms with Gasteiger partial charge in [0.2, 0.25) is 5.91 Å². The molecule has 1 amide bonds. The first-order valence-corrected chi connectivity index (χ1v) is 7.79. The third kappa shape index (κ3) is 2.09. The standard InChI is InChI=1S/C15H18BrNO/c16-10-15(6-3-7-15)17-14(18)13-8-11-4-1-2-5-12(11)9-13/h1-2,4-5,13H,3,6-10H2,(H,17,18). The van der Waals surface area contributed by atoms with Crippen LogP contribution in [0.15, 0.2) is 24.3 Å². The summed E-state index contributed by atoms with van der Waals surface area (Å²) in [7, 11) is 0. The number of hydrogen-bond acceptors (Lipinski definition) is 1. The normalized spacial score (nSPS) is 21.2. The molecule has 2 aliphatic rings. The van der Waals surface area contributed by atoms with Crippen LogP contribution in [0.25, 0.3) is 0 Å². The lowest BCUT2D eigenvalue weighted by Crippen LogP contribution is -2.56. The van der Waals surface area contributed by atoms with Crippen LogP contribution in [0.5, 0.6) is 0 Å². The van der Waals surface area contributed by atoms with Gasteiger partial charge in [0, 0.05) is 16.8 Å². The highest BCUT2D eigenvalue weighted by Gasteiger charge is 2.39. The number of rotatable bonds is 3. The van der Waals surface area contributed by atoms with Crippen molar-refractivity contribution < 1.29 is 4.79 Å². The van der Waals surface area contributed by atoms with Gasteiger partial charge in [-0.15, -0.1) is 0 Å². The molecule has 0 aliphatic heterocycles. The van der Waals surface area contributed by atoms with E-state index in [1.165, 1.54) is 17.5 Å². The second-order valence-electron chi connectivity index (χ2n) is 5.63. The molecule has 0 spiro atoms. The van der Waals surface area contributed by atoms with Crippen molar-refractivity contribution in [3.63, 3.8) is 0 Å². The zero-order valence-electron chi connectivity index (χ0n) is 10.4. The monoisotopic (exact) mass is 307 g/mol. The van der Waals surface area contributed by atoms with E-state index in [2.05, 4.69) is 45.5 Å². The highest BCUT2D eigenvalue weighted by molar-refractivity contribution is 9.09. The number of nitrogens with one attached hydrogen (secondary N) is 1. The summed E-state index contributed by atoms with van der Waals surface area (Å²) in [5, 5.41) is 4.15. The van der Waals surface area contributed by atoms with Gasteiger partial charge in [0.05, 0.1) is 0 Å². The number of amides is 1. The Bertz CT molecular complexity index is 437. The second kappa shape index (κ2) is 4.69. The van der Waals surface area contributed by atoms with E-state index in [0.717, 1.165) is 31.0 Å². The summed E-state index contributed by atoms with van der Waals surface area (Å²) in [6.07, 6.45) is 5.27. The Balaban J connectivity index is 1.66. The molecule has 2 aliphatic carbocycles. The largest absolute Gasteiger partial charge is 0.350 e. The van der Waals surface area contributed by atoms with Gasteiger partial charge in [-0.25, -0.2) is 0 Å². The molecule has 0 atom stereocenters. The first-order chi connectivity index (χ1) is 8.72. The molecule has 18 heavy (non-hydrogen) atoms. The van der Waals surface area contributed by atoms with E-state index >= 15 is 0 Å². The Labute approximate surface area is 116 Å². The Hall–Kier alpha value is -0.830. The first kappa shape index (κ1) is 12.2. The minimum absolute atomic E-state index is 0.0475. The zero-order valence-corrected chi connectivity index (χ0v) is 12.0. The van der Waals surface area contributed by atoms with Gasteiger partial charge in [-0.2, -0.15) is 0 Å². The fraction of sp³-hybridized carbons (Fsp3) is 0.533. The number of fused-ring (bicyclic) bond motifs is 1. The molecule has 0 bridgehead atoms. The number of benzene rings is 1. The quantitative estimate of drug-likeness (QED) is 0.855. The number of carbonyl (C=O) groups excluding carboxylic acids is 1. The topological polar surface area (TPSA) is 29.1 Å². The van der Waals surface area contributed by atoms with Crippen LogP contribution < -0.4 is 5.32 Å². The van der Waals surface area contributed by atoms with Crippen LogP contribution in [-0.4, -0.2) is 16.8 Å². The van der Waals surface area contributed by atoms with Gasteiger partial charge in [-0.1, -0.05) is 40.2 Å². The van der Waals surface area contributed by atoms with Crippen LogP contribution in [0.1, 0.15) is 30.4 Å². The molecule has 0 heterocycles. The Morgan fingerprint density at radius 3 is 2.33 bits per heavy atom. The Kier molecular flexibility index (Phi) is 3.18. The molecule has 0 unspecified atom stereocenters. The molecule has 1 N–H and O–H groups in total. The molecule has 1 fully saturated rings. The molecule has 3 rings (SSSR count). The van der Waals surface area contributed by atoms with Crippen LogP contribution in [-0.2, 0) is 17.6 Å². The smallest absolute Gasteiger partial charge is 0.224 e. The number of carbonyl (C=O) groups is 1. The van der Waals surface area contributed by atoms with E-state index in [9.17, 15) is 4.79 Å². The maximum absolute atomic E-state index is 12.3. The van der Waals surface area contributed by atoms with Crippen molar-refractivity contribution in [3.8, 4) is 0 Å². The van der Waals surface area contributed by atoms with Gasteiger partial charge in [0.25, 0.3) is 0 Å². The van der Waals surface area contributed by atoms with Crippen molar-refractivity contribution >= 4 is 21.8 Å². The summed E-state index contributed by atoms with van der Waals surface area (Å²) in [6, 6.07) is 8.41. The fourth-order valence-corrected chi connectivity index (χ4v) is 3.70. The highest BCUT2D eigenvalue weighted by atomic mass is 79.9. The van der Waals surface area contributed by atoms with Crippen LogP contribution in [0.2, 0.25) is 0 Å². The second-order valence-corrected chi connectivity index (χ2v) is 6.19. The SMILES string of the molecule is O=C(NC1(CBr)CCC1)C1Cc2ccccc2C1. The molecule has 1 aromatic carbocycles. The van der Waals surface area contributed by atoms with Crippen LogP contribution in [0, 0.1) is 5.92 Å². The maximum atomic E-state index is 12.3. The summed E-state index contributed by atoms with van der Waals surface area (Å²) >= 11 is 3.53. The average molecular weight is 308 g/mol. The van der Waals surface area contributed by atoms with E-state index in [1.54, 1.807) is 0 Å². The zero-order chi connectivity index (χ0) is 12.6. The van der Waals surface area contributed by atoms with Crippen molar-refractivity contribution in [3.05, 3.63) is 35.4 Å². The van der Waals surface area contributed by atoms with Crippen molar-refractivity contribution in [1.29, 1.82) is 0 Å². The Morgan fingerprint density at radius 1 is 1.28 bits per heavy atom. The molecular weight excluding hydrogens is 290 g/mol. The molecule has 3 heteroatoms. The van der Waals surface area contributed by atoms with Gasteiger partial charge in [0.1, 0.15) is 0 Å². The molecule has 0 radical (unpaired) electrons. The van der Waals surface area contributed by atoms with Gasteiger partial charge < -0.3 is 5.32 Å². The summed E-state index contributed by atoms with van der Waals surface area (Å²) in [5.41, 5.74) is 2.74. The fourth-order valence-electron chi connectivity index (χ4n) is 3.00. The summed E-state index contributed by atoms with van der Waals surface area (Å²) < 4.78 is 0. The lowest BCUT2D eigenvalue weighted by atomic mass is 9.78. The predicted octanol–water partition coefficient (Wildman–Crippen LogP) is 2.84. The number of alkyl halides is 1. The number of hydrogen-bond donors (Lipinski definition) is 1. The van der Waals surface area contributed by atoms with Crippen molar-refractivity contribution in [2.45, 2.75) is 37.6 Å². The Morgan fingerprint density at radius 2 is 1.89 bits per heavy atom. The van der Waals surface area contributed by atoms with Crippen LogP contribution in [0.3, 0.4) is 0 Å². The molecule has 0 aromatic heterocycles. The van der Waals surface area contributed by atoms with Gasteiger partial charge in [-0.3, -0.25) is 4.79 Å². The van der Waals surface area contributed by atoms with E-state index < -0.39 is 0 Å². The molecule has 0 saturated heterocycles. The predicted molar refractivity (Wildman–Crippen MR) is 75.9 cm³/mol. The van der Waals surface area contributed by atoms with E-state index in [-0.39, 0.29) is 17.4 Å². The lowest BCUT2D eigenvalue weighted by molar-refractivity contribution is -0.127. The van der Waals surface area contributed by atoms with Crippen molar-refractivity contribution in [1.82, 2.24) is 5.32 Å². The third-order valence-corrected chi connectivity index (χ3v) is 5.45. The highest BCUT2D eigenvalue weighted by Crippen LogP contribution is 2.35. The third-order valence-electron chi connectivity index (χ3n) is 4.38. The van der Waals surface area contributed by atoms with Gasteiger partial charge in [0.15, 0.2) is 0 Å². The molecular formula is C15H18BrNO. The van der Waals surface area contributed by atoms with Crippen LogP contribution in [0.4, 0.5) is 0 Å². The number of halogens is 1. The minimum atomic E-state index is 0.0475. The van der Waals surface area contributed by atoms with Gasteiger partial charge >= 0.3 is 0 Å².